The van der Waals surface area contributed by atoms with Crippen LogP contribution < -0.4 is 10.2 Å². The Morgan fingerprint density at radius 3 is 2.34 bits per heavy atom. The molecule has 0 aliphatic rings. The number of hydrogen-bond donors (Lipinski definition) is 1. The van der Waals surface area contributed by atoms with E-state index < -0.39 is 0 Å². The first-order valence-electron chi connectivity index (χ1n) is 8.37. The van der Waals surface area contributed by atoms with Gasteiger partial charge in [0.15, 0.2) is 0 Å². The van der Waals surface area contributed by atoms with E-state index in [0.717, 1.165) is 24.0 Å². The summed E-state index contributed by atoms with van der Waals surface area (Å²) in [4.78, 5) is 12.1. The summed E-state index contributed by atoms with van der Waals surface area (Å²) < 4.78 is 7.88. The van der Waals surface area contributed by atoms with Crippen molar-refractivity contribution in [2.24, 2.45) is 5.10 Å². The van der Waals surface area contributed by atoms with Gasteiger partial charge in [0.05, 0.1) is 13.4 Å². The monoisotopic (exact) mass is 650 g/mol. The number of hydrogen-bond acceptors (Lipinski definition) is 3. The Morgan fingerprint density at radius 1 is 1.00 bits per heavy atom. The summed E-state index contributed by atoms with van der Waals surface area (Å²) in [6.45, 7) is 0.451. The van der Waals surface area contributed by atoms with Crippen LogP contribution in [-0.4, -0.2) is 12.1 Å². The molecule has 0 fully saturated rings. The maximum absolute atomic E-state index is 12.1. The van der Waals surface area contributed by atoms with Crippen LogP contribution in [0.3, 0.4) is 0 Å². The number of nitrogens with one attached hydrogen (secondary N) is 1. The van der Waals surface area contributed by atoms with Crippen molar-refractivity contribution >= 4 is 80.5 Å². The SMILES string of the molecule is O=C(N/N=C\c1cc(I)c(OCc2ccc(Cl)cc2)c(I)c1)c1cccc(Cl)c1. The van der Waals surface area contributed by atoms with E-state index in [0.29, 0.717) is 22.2 Å². The molecule has 148 valence electrons. The van der Waals surface area contributed by atoms with Crippen molar-refractivity contribution in [2.75, 3.05) is 0 Å². The number of carbonyl (C=O) groups is 1. The van der Waals surface area contributed by atoms with Gasteiger partial charge < -0.3 is 4.74 Å². The van der Waals surface area contributed by atoms with Crippen LogP contribution in [-0.2, 0) is 6.61 Å². The van der Waals surface area contributed by atoms with E-state index in [1.165, 1.54) is 0 Å². The van der Waals surface area contributed by atoms with Gasteiger partial charge in [-0.05, 0) is 98.8 Å². The fourth-order valence-electron chi connectivity index (χ4n) is 2.39. The van der Waals surface area contributed by atoms with Crippen molar-refractivity contribution in [2.45, 2.75) is 6.61 Å². The third-order valence-electron chi connectivity index (χ3n) is 3.78. The van der Waals surface area contributed by atoms with Gasteiger partial charge in [-0.3, -0.25) is 4.79 Å². The second-order valence-corrected chi connectivity index (χ2v) is 9.14. The van der Waals surface area contributed by atoms with E-state index in [2.05, 4.69) is 55.7 Å². The zero-order chi connectivity index (χ0) is 20.8. The topological polar surface area (TPSA) is 50.7 Å². The van der Waals surface area contributed by atoms with Crippen molar-refractivity contribution in [1.29, 1.82) is 0 Å². The molecule has 3 aromatic carbocycles. The number of rotatable bonds is 6. The van der Waals surface area contributed by atoms with E-state index >= 15 is 0 Å². The number of nitrogens with zero attached hydrogens (tertiary/aromatic N) is 1. The molecule has 1 N–H and O–H groups in total. The molecule has 3 rings (SSSR count). The van der Waals surface area contributed by atoms with Crippen LogP contribution >= 0.6 is 68.4 Å². The molecule has 3 aromatic rings. The van der Waals surface area contributed by atoms with Crippen LogP contribution in [0.1, 0.15) is 21.5 Å². The number of ether oxygens (including phenoxy) is 1. The Labute approximate surface area is 205 Å². The second-order valence-electron chi connectivity index (χ2n) is 5.94. The zero-order valence-corrected chi connectivity index (χ0v) is 20.7. The van der Waals surface area contributed by atoms with E-state index in [-0.39, 0.29) is 5.91 Å². The quantitative estimate of drug-likeness (QED) is 0.187. The third-order valence-corrected chi connectivity index (χ3v) is 5.87. The first-order chi connectivity index (χ1) is 13.9. The minimum atomic E-state index is -0.323. The highest BCUT2D eigenvalue weighted by Crippen LogP contribution is 2.29. The molecule has 0 aliphatic carbocycles. The first kappa shape index (κ1) is 22.3. The smallest absolute Gasteiger partial charge is 0.271 e. The maximum Gasteiger partial charge on any atom is 0.271 e. The van der Waals surface area contributed by atoms with Crippen LogP contribution in [0.4, 0.5) is 0 Å². The van der Waals surface area contributed by atoms with Crippen LogP contribution in [0.2, 0.25) is 10.0 Å². The highest BCUT2D eigenvalue weighted by Gasteiger charge is 2.09. The van der Waals surface area contributed by atoms with Crippen molar-refractivity contribution in [3.63, 3.8) is 0 Å². The molecule has 0 atom stereocenters. The van der Waals surface area contributed by atoms with Crippen molar-refractivity contribution in [1.82, 2.24) is 5.43 Å². The molecule has 0 saturated carbocycles. The lowest BCUT2D eigenvalue weighted by Crippen LogP contribution is -2.17. The molecule has 29 heavy (non-hydrogen) atoms. The molecule has 8 heteroatoms. The summed E-state index contributed by atoms with van der Waals surface area (Å²) >= 11 is 16.3. The molecule has 0 saturated heterocycles. The van der Waals surface area contributed by atoms with E-state index in [1.54, 1.807) is 30.5 Å². The fourth-order valence-corrected chi connectivity index (χ4v) is 4.83. The van der Waals surface area contributed by atoms with Gasteiger partial charge in [0.1, 0.15) is 12.4 Å². The molecule has 0 bridgehead atoms. The van der Waals surface area contributed by atoms with Crippen LogP contribution in [0.15, 0.2) is 65.8 Å². The van der Waals surface area contributed by atoms with Crippen LogP contribution in [0.25, 0.3) is 0 Å². The molecular formula is C21H14Cl2I2N2O2. The average Bonchev–Trinajstić information content (AvgIpc) is 2.68. The van der Waals surface area contributed by atoms with Gasteiger partial charge in [-0.15, -0.1) is 0 Å². The van der Waals surface area contributed by atoms with Gasteiger partial charge in [-0.1, -0.05) is 41.4 Å². The van der Waals surface area contributed by atoms with Gasteiger partial charge in [0, 0.05) is 15.6 Å². The highest BCUT2D eigenvalue weighted by atomic mass is 127. The second kappa shape index (κ2) is 10.6. The molecule has 4 nitrogen and oxygen atoms in total. The van der Waals surface area contributed by atoms with Crippen LogP contribution in [0.5, 0.6) is 5.75 Å². The Hall–Kier alpha value is -1.36. The predicted molar refractivity (Wildman–Crippen MR) is 134 cm³/mol. The van der Waals surface area contributed by atoms with Gasteiger partial charge in [0.2, 0.25) is 0 Å². The molecule has 0 aliphatic heterocycles. The van der Waals surface area contributed by atoms with E-state index in [1.807, 2.05) is 36.4 Å². The summed E-state index contributed by atoms with van der Waals surface area (Å²) in [5, 5.41) is 5.23. The van der Waals surface area contributed by atoms with Crippen molar-refractivity contribution < 1.29 is 9.53 Å². The van der Waals surface area contributed by atoms with Crippen molar-refractivity contribution in [3.8, 4) is 5.75 Å². The van der Waals surface area contributed by atoms with E-state index in [4.69, 9.17) is 27.9 Å². The van der Waals surface area contributed by atoms with E-state index in [9.17, 15) is 4.79 Å². The molecule has 0 aromatic heterocycles. The molecular weight excluding hydrogens is 637 g/mol. The molecule has 0 unspecified atom stereocenters. The Bertz CT molecular complexity index is 1030. The maximum atomic E-state index is 12.1. The summed E-state index contributed by atoms with van der Waals surface area (Å²) in [6, 6.07) is 18.1. The zero-order valence-electron chi connectivity index (χ0n) is 14.8. The predicted octanol–water partition coefficient (Wildman–Crippen LogP) is 6.55. The largest absolute Gasteiger partial charge is 0.487 e. The number of amides is 1. The third kappa shape index (κ3) is 6.56. The van der Waals surface area contributed by atoms with Gasteiger partial charge in [-0.2, -0.15) is 5.10 Å². The van der Waals surface area contributed by atoms with Gasteiger partial charge in [0.25, 0.3) is 5.91 Å². The lowest BCUT2D eigenvalue weighted by atomic mass is 10.2. The minimum Gasteiger partial charge on any atom is -0.487 e. The highest BCUT2D eigenvalue weighted by molar-refractivity contribution is 14.1. The molecule has 0 spiro atoms. The molecule has 0 heterocycles. The summed E-state index contributed by atoms with van der Waals surface area (Å²) in [5.41, 5.74) is 4.84. The lowest BCUT2D eigenvalue weighted by Gasteiger charge is -2.11. The first-order valence-corrected chi connectivity index (χ1v) is 11.3. The Balaban J connectivity index is 1.64. The number of hydrazone groups is 1. The molecule has 1 amide bonds. The summed E-state index contributed by atoms with van der Waals surface area (Å²) in [5.74, 6) is 0.484. The summed E-state index contributed by atoms with van der Waals surface area (Å²) in [7, 11) is 0. The average molecular weight is 651 g/mol. The number of halogens is 4. The Kier molecular flexibility index (Phi) is 8.16. The standard InChI is InChI=1S/C21H14Cl2I2N2O2/c22-16-6-4-13(5-7-16)12-29-20-18(24)8-14(9-19(20)25)11-26-27-21(28)15-2-1-3-17(23)10-15/h1-11H,12H2,(H,27,28)/b26-11-. The fraction of sp³-hybridized carbons (Fsp3) is 0.0476. The normalized spacial score (nSPS) is 10.9. The summed E-state index contributed by atoms with van der Waals surface area (Å²) in [6.07, 6.45) is 1.59. The van der Waals surface area contributed by atoms with Crippen molar-refractivity contribution in [3.05, 3.63) is 94.5 Å². The van der Waals surface area contributed by atoms with Gasteiger partial charge in [-0.25, -0.2) is 5.43 Å². The lowest BCUT2D eigenvalue weighted by molar-refractivity contribution is 0.0955. The molecule has 0 radical (unpaired) electrons. The Morgan fingerprint density at radius 2 is 1.69 bits per heavy atom. The van der Waals surface area contributed by atoms with Gasteiger partial charge >= 0.3 is 0 Å². The number of carbonyl (C=O) groups excluding carboxylic acids is 1. The minimum absolute atomic E-state index is 0.323. The van der Waals surface area contributed by atoms with Crippen LogP contribution in [0, 0.1) is 7.14 Å². The number of benzene rings is 3.